The minimum absolute atomic E-state index is 0.221. The van der Waals surface area contributed by atoms with E-state index < -0.39 is 12.0 Å². The summed E-state index contributed by atoms with van der Waals surface area (Å²) < 4.78 is 0. The summed E-state index contributed by atoms with van der Waals surface area (Å²) in [4.78, 5) is 10.6. The number of rotatable bonds is 3. The van der Waals surface area contributed by atoms with E-state index in [1.165, 1.54) is 19.1 Å². The summed E-state index contributed by atoms with van der Waals surface area (Å²) in [5, 5.41) is 29.8. The van der Waals surface area contributed by atoms with Gasteiger partial charge in [0.25, 0.3) is 0 Å². The summed E-state index contributed by atoms with van der Waals surface area (Å²) >= 11 is 0. The summed E-state index contributed by atoms with van der Waals surface area (Å²) in [6.45, 7) is 3.20. The zero-order chi connectivity index (χ0) is 11.6. The maximum Gasteiger partial charge on any atom is 0.325 e. The van der Waals surface area contributed by atoms with Gasteiger partial charge in [0, 0.05) is 11.8 Å². The van der Waals surface area contributed by atoms with Crippen LogP contribution >= 0.6 is 0 Å². The standard InChI is InChI=1S/C10H13NO4/c1-5-3-8(12)9(13)4-7(5)11-6(2)10(14)15/h3-4,6,11-13H,1-2H3,(H,14,15)/t6-/m0/s1. The number of phenols is 2. The smallest absolute Gasteiger partial charge is 0.325 e. The fraction of sp³-hybridized carbons (Fsp3) is 0.300. The Balaban J connectivity index is 2.95. The minimum Gasteiger partial charge on any atom is -0.504 e. The van der Waals surface area contributed by atoms with Crippen molar-refractivity contribution in [2.24, 2.45) is 0 Å². The Hall–Kier alpha value is -1.91. The quantitative estimate of drug-likeness (QED) is 0.447. The van der Waals surface area contributed by atoms with Gasteiger partial charge in [0.15, 0.2) is 11.5 Å². The van der Waals surface area contributed by atoms with Gasteiger partial charge >= 0.3 is 5.97 Å². The third-order valence-electron chi connectivity index (χ3n) is 2.06. The van der Waals surface area contributed by atoms with Gasteiger partial charge in [0.1, 0.15) is 6.04 Å². The van der Waals surface area contributed by atoms with E-state index in [2.05, 4.69) is 5.32 Å². The van der Waals surface area contributed by atoms with Crippen molar-refractivity contribution in [1.29, 1.82) is 0 Å². The summed E-state index contributed by atoms with van der Waals surface area (Å²) in [5.41, 5.74) is 1.15. The predicted molar refractivity (Wildman–Crippen MR) is 55.2 cm³/mol. The summed E-state index contributed by atoms with van der Waals surface area (Å²) in [6, 6.07) is 1.91. The average molecular weight is 211 g/mol. The van der Waals surface area contributed by atoms with Crippen molar-refractivity contribution in [3.63, 3.8) is 0 Å². The number of carboxylic acids is 1. The number of hydrogen-bond donors (Lipinski definition) is 4. The van der Waals surface area contributed by atoms with Gasteiger partial charge in [-0.15, -0.1) is 0 Å². The van der Waals surface area contributed by atoms with Crippen LogP contribution < -0.4 is 5.32 Å². The Labute approximate surface area is 87.0 Å². The van der Waals surface area contributed by atoms with E-state index in [1.807, 2.05) is 0 Å². The van der Waals surface area contributed by atoms with E-state index in [9.17, 15) is 15.0 Å². The molecule has 15 heavy (non-hydrogen) atoms. The van der Waals surface area contributed by atoms with Crippen LogP contribution in [-0.4, -0.2) is 27.3 Å². The zero-order valence-electron chi connectivity index (χ0n) is 8.48. The highest BCUT2D eigenvalue weighted by Gasteiger charge is 2.13. The SMILES string of the molecule is Cc1cc(O)c(O)cc1N[C@@H](C)C(=O)O. The number of carbonyl (C=O) groups is 1. The van der Waals surface area contributed by atoms with Crippen molar-refractivity contribution in [3.8, 4) is 11.5 Å². The van der Waals surface area contributed by atoms with Crippen molar-refractivity contribution < 1.29 is 20.1 Å². The van der Waals surface area contributed by atoms with E-state index >= 15 is 0 Å². The number of aryl methyl sites for hydroxylation is 1. The molecule has 0 spiro atoms. The molecule has 4 N–H and O–H groups in total. The molecule has 82 valence electrons. The Morgan fingerprint density at radius 3 is 2.40 bits per heavy atom. The first kappa shape index (κ1) is 11.2. The fourth-order valence-electron chi connectivity index (χ4n) is 1.13. The number of benzene rings is 1. The molecule has 0 saturated carbocycles. The second-order valence-electron chi connectivity index (χ2n) is 3.36. The van der Waals surface area contributed by atoms with Crippen LogP contribution in [0.25, 0.3) is 0 Å². The van der Waals surface area contributed by atoms with Gasteiger partial charge in [-0.25, -0.2) is 0 Å². The maximum absolute atomic E-state index is 10.6. The molecular weight excluding hydrogens is 198 g/mol. The van der Waals surface area contributed by atoms with Gasteiger partial charge in [-0.1, -0.05) is 0 Å². The van der Waals surface area contributed by atoms with Crippen LogP contribution in [0, 0.1) is 6.92 Å². The Morgan fingerprint density at radius 1 is 1.33 bits per heavy atom. The highest BCUT2D eigenvalue weighted by Crippen LogP contribution is 2.31. The normalized spacial score (nSPS) is 12.1. The third-order valence-corrected chi connectivity index (χ3v) is 2.06. The number of nitrogens with one attached hydrogen (secondary N) is 1. The number of anilines is 1. The van der Waals surface area contributed by atoms with Crippen LogP contribution in [0.4, 0.5) is 5.69 Å². The second kappa shape index (κ2) is 4.08. The summed E-state index contributed by atoms with van der Waals surface area (Å²) in [6.07, 6.45) is 0. The molecule has 5 heteroatoms. The Morgan fingerprint density at radius 2 is 1.87 bits per heavy atom. The van der Waals surface area contributed by atoms with Gasteiger partial charge in [-0.2, -0.15) is 0 Å². The first-order valence-electron chi connectivity index (χ1n) is 4.43. The lowest BCUT2D eigenvalue weighted by Gasteiger charge is -2.13. The number of aromatic hydroxyl groups is 2. The molecule has 0 aliphatic carbocycles. The van der Waals surface area contributed by atoms with Crippen LogP contribution in [0.2, 0.25) is 0 Å². The maximum atomic E-state index is 10.6. The molecule has 1 rings (SSSR count). The largest absolute Gasteiger partial charge is 0.504 e. The van der Waals surface area contributed by atoms with Crippen molar-refractivity contribution in [1.82, 2.24) is 0 Å². The molecule has 0 bridgehead atoms. The zero-order valence-corrected chi connectivity index (χ0v) is 8.48. The van der Waals surface area contributed by atoms with E-state index in [4.69, 9.17) is 5.11 Å². The van der Waals surface area contributed by atoms with E-state index in [-0.39, 0.29) is 11.5 Å². The number of hydrogen-bond acceptors (Lipinski definition) is 4. The molecule has 0 radical (unpaired) electrons. The topological polar surface area (TPSA) is 89.8 Å². The Kier molecular flexibility index (Phi) is 3.04. The number of aliphatic carboxylic acids is 1. The van der Waals surface area contributed by atoms with Crippen molar-refractivity contribution in [3.05, 3.63) is 17.7 Å². The predicted octanol–water partition coefficient (Wildman–Crippen LogP) is 1.29. The van der Waals surface area contributed by atoms with Gasteiger partial charge in [-0.05, 0) is 25.5 Å². The van der Waals surface area contributed by atoms with Gasteiger partial charge in [-0.3, -0.25) is 4.79 Å². The lowest BCUT2D eigenvalue weighted by molar-refractivity contribution is -0.137. The third kappa shape index (κ3) is 2.52. The second-order valence-corrected chi connectivity index (χ2v) is 3.36. The Bertz CT molecular complexity index is 389. The number of carboxylic acid groups (broad SMARTS) is 1. The van der Waals surface area contributed by atoms with Gasteiger partial charge in [0.05, 0.1) is 0 Å². The molecular formula is C10H13NO4. The minimum atomic E-state index is -0.984. The molecule has 1 aromatic carbocycles. The van der Waals surface area contributed by atoms with Crippen LogP contribution in [-0.2, 0) is 4.79 Å². The molecule has 0 aliphatic rings. The molecule has 0 saturated heterocycles. The van der Waals surface area contributed by atoms with E-state index in [0.29, 0.717) is 11.3 Å². The molecule has 0 aromatic heterocycles. The molecule has 1 atom stereocenters. The van der Waals surface area contributed by atoms with Crippen LogP contribution in [0.5, 0.6) is 11.5 Å². The van der Waals surface area contributed by atoms with Crippen molar-refractivity contribution in [2.45, 2.75) is 19.9 Å². The first-order chi connectivity index (χ1) is 6.91. The average Bonchev–Trinajstić information content (AvgIpc) is 2.13. The van der Waals surface area contributed by atoms with E-state index in [0.717, 1.165) is 0 Å². The molecule has 0 aliphatic heterocycles. The van der Waals surface area contributed by atoms with Crippen molar-refractivity contribution >= 4 is 11.7 Å². The van der Waals surface area contributed by atoms with Gasteiger partial charge < -0.3 is 20.6 Å². The summed E-state index contributed by atoms with van der Waals surface area (Å²) in [7, 11) is 0. The van der Waals surface area contributed by atoms with Crippen LogP contribution in [0.1, 0.15) is 12.5 Å². The highest BCUT2D eigenvalue weighted by molar-refractivity contribution is 5.77. The monoisotopic (exact) mass is 211 g/mol. The molecule has 0 heterocycles. The molecule has 5 nitrogen and oxygen atoms in total. The van der Waals surface area contributed by atoms with E-state index in [1.54, 1.807) is 6.92 Å². The lowest BCUT2D eigenvalue weighted by atomic mass is 10.1. The lowest BCUT2D eigenvalue weighted by Crippen LogP contribution is -2.25. The highest BCUT2D eigenvalue weighted by atomic mass is 16.4. The molecule has 1 aromatic rings. The first-order valence-corrected chi connectivity index (χ1v) is 4.43. The van der Waals surface area contributed by atoms with Gasteiger partial charge in [0.2, 0.25) is 0 Å². The van der Waals surface area contributed by atoms with Crippen LogP contribution in [0.3, 0.4) is 0 Å². The molecule has 0 unspecified atom stereocenters. The fourth-order valence-corrected chi connectivity index (χ4v) is 1.13. The summed E-state index contributed by atoms with van der Waals surface area (Å²) in [5.74, 6) is -1.48. The van der Waals surface area contributed by atoms with Crippen molar-refractivity contribution in [2.75, 3.05) is 5.32 Å². The van der Waals surface area contributed by atoms with Crippen LogP contribution in [0.15, 0.2) is 12.1 Å². The molecule has 0 fully saturated rings. The number of phenolic OH excluding ortho intramolecular Hbond substituents is 2. The molecule has 0 amide bonds.